The van der Waals surface area contributed by atoms with Gasteiger partial charge in [0.1, 0.15) is 11.0 Å². The highest BCUT2D eigenvalue weighted by Crippen LogP contribution is 2.38. The van der Waals surface area contributed by atoms with Gasteiger partial charge in [0.05, 0.1) is 6.54 Å². The molecule has 0 aromatic carbocycles. The fraction of sp³-hybridized carbons (Fsp3) is 0.455. The zero-order chi connectivity index (χ0) is 10.8. The normalized spacial score (nSPS) is 14.5. The summed E-state index contributed by atoms with van der Waals surface area (Å²) >= 11 is 5.77. The second-order valence-corrected chi connectivity index (χ2v) is 3.95. The Balaban J connectivity index is 2.47. The molecule has 0 bridgehead atoms. The Morgan fingerprint density at radius 3 is 3.00 bits per heavy atom. The molecule has 0 unspecified atom stereocenters. The maximum Gasteiger partial charge on any atom is 0.255 e. The number of hydrogen-bond donors (Lipinski definition) is 0. The molecule has 4 heteroatoms. The van der Waals surface area contributed by atoms with Crippen molar-refractivity contribution in [2.45, 2.75) is 32.2 Å². The molecule has 0 N–H and O–H groups in total. The predicted octanol–water partition coefficient (Wildman–Crippen LogP) is 1.80. The summed E-state index contributed by atoms with van der Waals surface area (Å²) in [7, 11) is 0. The molecular formula is C11H11ClN2O. The Bertz CT molecular complexity index is 492. The van der Waals surface area contributed by atoms with Gasteiger partial charge < -0.3 is 0 Å². The van der Waals surface area contributed by atoms with Crippen LogP contribution >= 0.6 is 11.6 Å². The van der Waals surface area contributed by atoms with Crippen LogP contribution in [0.25, 0.3) is 0 Å². The van der Waals surface area contributed by atoms with E-state index in [9.17, 15) is 4.79 Å². The molecular weight excluding hydrogens is 212 g/mol. The molecule has 15 heavy (non-hydrogen) atoms. The molecule has 1 aliphatic carbocycles. The summed E-state index contributed by atoms with van der Waals surface area (Å²) in [4.78, 5) is 15.9. The van der Waals surface area contributed by atoms with Crippen molar-refractivity contribution >= 4 is 11.6 Å². The van der Waals surface area contributed by atoms with Gasteiger partial charge in [0.15, 0.2) is 0 Å². The Morgan fingerprint density at radius 2 is 2.40 bits per heavy atom. The molecule has 78 valence electrons. The third-order valence-electron chi connectivity index (χ3n) is 2.36. The van der Waals surface area contributed by atoms with Crippen molar-refractivity contribution in [1.82, 2.24) is 9.55 Å². The number of aromatic nitrogens is 2. The van der Waals surface area contributed by atoms with Crippen LogP contribution in [0, 0.1) is 11.8 Å². The molecule has 1 aromatic heterocycles. The molecule has 1 heterocycles. The zero-order valence-corrected chi connectivity index (χ0v) is 9.21. The van der Waals surface area contributed by atoms with Crippen molar-refractivity contribution in [1.29, 1.82) is 0 Å². The van der Waals surface area contributed by atoms with Gasteiger partial charge in [-0.1, -0.05) is 17.5 Å². The third kappa shape index (κ3) is 2.21. The van der Waals surface area contributed by atoms with Crippen LogP contribution in [-0.2, 0) is 6.54 Å². The van der Waals surface area contributed by atoms with E-state index >= 15 is 0 Å². The maximum atomic E-state index is 11.7. The third-order valence-corrected chi connectivity index (χ3v) is 2.56. The molecule has 0 spiro atoms. The van der Waals surface area contributed by atoms with E-state index in [4.69, 9.17) is 11.6 Å². The van der Waals surface area contributed by atoms with Crippen molar-refractivity contribution in [2.24, 2.45) is 0 Å². The highest BCUT2D eigenvalue weighted by molar-refractivity contribution is 6.29. The van der Waals surface area contributed by atoms with Crippen molar-refractivity contribution in [3.05, 3.63) is 27.4 Å². The van der Waals surface area contributed by atoms with Gasteiger partial charge in [-0.2, -0.15) is 0 Å². The lowest BCUT2D eigenvalue weighted by molar-refractivity contribution is 0.691. The predicted molar refractivity (Wildman–Crippen MR) is 58.9 cm³/mol. The number of halogens is 1. The van der Waals surface area contributed by atoms with Crippen LogP contribution in [0.4, 0.5) is 0 Å². The monoisotopic (exact) mass is 222 g/mol. The van der Waals surface area contributed by atoms with E-state index in [1.54, 1.807) is 11.5 Å². The topological polar surface area (TPSA) is 34.9 Å². The Kier molecular flexibility index (Phi) is 2.79. The van der Waals surface area contributed by atoms with E-state index in [1.165, 1.54) is 6.07 Å². The van der Waals surface area contributed by atoms with Crippen molar-refractivity contribution in [3.63, 3.8) is 0 Å². The number of rotatable bonds is 2. The minimum atomic E-state index is -0.111. The van der Waals surface area contributed by atoms with Crippen LogP contribution in [0.5, 0.6) is 0 Å². The first-order chi connectivity index (χ1) is 7.22. The summed E-state index contributed by atoms with van der Waals surface area (Å²) in [6.45, 7) is 2.16. The summed E-state index contributed by atoms with van der Waals surface area (Å²) in [6, 6.07) is 1.34. The highest BCUT2D eigenvalue weighted by Gasteiger charge is 2.28. The minimum absolute atomic E-state index is 0.111. The molecule has 3 nitrogen and oxygen atoms in total. The van der Waals surface area contributed by atoms with E-state index in [0.29, 0.717) is 12.5 Å². The minimum Gasteiger partial charge on any atom is -0.285 e. The van der Waals surface area contributed by atoms with Crippen LogP contribution in [-0.4, -0.2) is 9.55 Å². The fourth-order valence-corrected chi connectivity index (χ4v) is 1.64. The van der Waals surface area contributed by atoms with E-state index in [0.717, 1.165) is 18.7 Å². The van der Waals surface area contributed by atoms with Crippen molar-refractivity contribution in [3.8, 4) is 11.8 Å². The molecule has 1 fully saturated rings. The van der Waals surface area contributed by atoms with Gasteiger partial charge in [0.2, 0.25) is 0 Å². The molecule has 2 rings (SSSR count). The second-order valence-electron chi connectivity index (χ2n) is 3.56. The van der Waals surface area contributed by atoms with Crippen LogP contribution in [0.2, 0.25) is 5.15 Å². The molecule has 0 radical (unpaired) electrons. The first kappa shape index (κ1) is 10.3. The van der Waals surface area contributed by atoms with Crippen molar-refractivity contribution < 1.29 is 0 Å². The highest BCUT2D eigenvalue weighted by atomic mass is 35.5. The first-order valence-corrected chi connectivity index (χ1v) is 5.27. The van der Waals surface area contributed by atoms with Gasteiger partial charge in [-0.05, 0) is 19.8 Å². The Hall–Kier alpha value is -1.27. The van der Waals surface area contributed by atoms with Crippen LogP contribution in [0.3, 0.4) is 0 Å². The van der Waals surface area contributed by atoms with Gasteiger partial charge >= 0.3 is 0 Å². The van der Waals surface area contributed by atoms with E-state index in [1.807, 2.05) is 0 Å². The summed E-state index contributed by atoms with van der Waals surface area (Å²) in [5.41, 5.74) is -0.111. The van der Waals surface area contributed by atoms with Gasteiger partial charge in [0, 0.05) is 12.0 Å². The Morgan fingerprint density at radius 1 is 1.67 bits per heavy atom. The number of hydrogen-bond acceptors (Lipinski definition) is 2. The van der Waals surface area contributed by atoms with Crippen LogP contribution in [0.1, 0.15) is 31.5 Å². The zero-order valence-electron chi connectivity index (χ0n) is 8.46. The molecule has 1 aromatic rings. The molecule has 0 aliphatic heterocycles. The van der Waals surface area contributed by atoms with Gasteiger partial charge in [-0.3, -0.25) is 9.36 Å². The maximum absolute atomic E-state index is 11.7. The SMILES string of the molecule is CC#CCn1c(C2CC2)nc(Cl)cc1=O. The molecule has 0 amide bonds. The summed E-state index contributed by atoms with van der Waals surface area (Å²) in [6.07, 6.45) is 2.18. The fourth-order valence-electron chi connectivity index (χ4n) is 1.47. The average molecular weight is 223 g/mol. The van der Waals surface area contributed by atoms with Gasteiger partial charge in [-0.25, -0.2) is 4.98 Å². The van der Waals surface area contributed by atoms with E-state index in [2.05, 4.69) is 16.8 Å². The molecule has 0 atom stereocenters. The molecule has 1 aliphatic rings. The second kappa shape index (κ2) is 4.08. The van der Waals surface area contributed by atoms with E-state index < -0.39 is 0 Å². The standard InChI is InChI=1S/C11H11ClN2O/c1-2-3-6-14-10(15)7-9(12)13-11(14)8-4-5-8/h7-8H,4-6H2,1H3. The summed E-state index contributed by atoms with van der Waals surface area (Å²) in [5.74, 6) is 6.84. The van der Waals surface area contributed by atoms with Gasteiger partial charge in [0.25, 0.3) is 5.56 Å². The van der Waals surface area contributed by atoms with E-state index in [-0.39, 0.29) is 10.7 Å². The van der Waals surface area contributed by atoms with Crippen LogP contribution < -0.4 is 5.56 Å². The lowest BCUT2D eigenvalue weighted by Crippen LogP contribution is -2.23. The van der Waals surface area contributed by atoms with Gasteiger partial charge in [-0.15, -0.1) is 5.92 Å². The Labute approximate surface area is 93.1 Å². The van der Waals surface area contributed by atoms with Crippen molar-refractivity contribution in [2.75, 3.05) is 0 Å². The smallest absolute Gasteiger partial charge is 0.255 e. The number of nitrogens with zero attached hydrogens (tertiary/aromatic N) is 2. The lowest BCUT2D eigenvalue weighted by Gasteiger charge is -2.07. The quantitative estimate of drug-likeness (QED) is 0.565. The summed E-state index contributed by atoms with van der Waals surface area (Å²) < 4.78 is 1.61. The largest absolute Gasteiger partial charge is 0.285 e. The average Bonchev–Trinajstić information content (AvgIpc) is 2.98. The molecule has 1 saturated carbocycles. The lowest BCUT2D eigenvalue weighted by atomic mass is 10.3. The summed E-state index contributed by atoms with van der Waals surface area (Å²) in [5, 5.41) is 0.280. The molecule has 0 saturated heterocycles. The van der Waals surface area contributed by atoms with Crippen LogP contribution in [0.15, 0.2) is 10.9 Å². The first-order valence-electron chi connectivity index (χ1n) is 4.89.